The van der Waals surface area contributed by atoms with Crippen LogP contribution in [0.25, 0.3) is 6.08 Å². The quantitative estimate of drug-likeness (QED) is 0.673. The molecule has 0 unspecified atom stereocenters. The Balaban J connectivity index is 2.57. The van der Waals surface area contributed by atoms with Crippen molar-refractivity contribution in [2.75, 3.05) is 0 Å². The van der Waals surface area contributed by atoms with E-state index in [4.69, 9.17) is 0 Å². The van der Waals surface area contributed by atoms with Crippen LogP contribution >= 0.6 is 0 Å². The summed E-state index contributed by atoms with van der Waals surface area (Å²) >= 11 is 0. The van der Waals surface area contributed by atoms with E-state index in [0.717, 1.165) is 5.56 Å². The van der Waals surface area contributed by atoms with Gasteiger partial charge < -0.3 is 0 Å². The highest BCUT2D eigenvalue weighted by Crippen LogP contribution is 2.32. The first-order valence-electron chi connectivity index (χ1n) is 5.31. The van der Waals surface area contributed by atoms with Crippen molar-refractivity contribution in [3.8, 4) is 0 Å². The summed E-state index contributed by atoms with van der Waals surface area (Å²) in [6.07, 6.45) is 3.81. The molecule has 0 bridgehead atoms. The smallest absolute Gasteiger partial charge is 0.172 e. The molecule has 0 heterocycles. The summed E-state index contributed by atoms with van der Waals surface area (Å²) in [6.45, 7) is 5.32. The van der Waals surface area contributed by atoms with E-state index in [9.17, 15) is 9.59 Å². The van der Waals surface area contributed by atoms with Crippen molar-refractivity contribution in [2.24, 2.45) is 5.41 Å². The highest BCUT2D eigenvalue weighted by molar-refractivity contribution is 6.07. The molecule has 1 aliphatic carbocycles. The third-order valence-electron chi connectivity index (χ3n) is 2.97. The molecule has 0 amide bonds. The first-order chi connectivity index (χ1) is 7.42. The maximum Gasteiger partial charge on any atom is 0.172 e. The highest BCUT2D eigenvalue weighted by atomic mass is 16.1. The number of ketones is 2. The number of hydrogen-bond acceptors (Lipinski definition) is 2. The van der Waals surface area contributed by atoms with Crippen molar-refractivity contribution in [2.45, 2.75) is 20.8 Å². The minimum Gasteiger partial charge on any atom is -0.295 e. The van der Waals surface area contributed by atoms with E-state index >= 15 is 0 Å². The number of rotatable bonds is 1. The van der Waals surface area contributed by atoms with Crippen LogP contribution in [0.15, 0.2) is 24.3 Å². The molecule has 2 heteroatoms. The molecule has 0 saturated carbocycles. The molecule has 2 rings (SSSR count). The molecule has 0 atom stereocenters. The van der Waals surface area contributed by atoms with Crippen LogP contribution in [0.1, 0.15) is 47.1 Å². The number of allylic oxidation sites excluding steroid dienone is 1. The summed E-state index contributed by atoms with van der Waals surface area (Å²) in [6, 6.07) is 5.25. The Kier molecular flexibility index (Phi) is 2.30. The second kappa shape index (κ2) is 3.41. The SMILES string of the molecule is CC(=O)c1ccc2c(c1)C=CC(C)(C)C2=O. The Hall–Kier alpha value is -1.70. The predicted molar refractivity (Wildman–Crippen MR) is 63.6 cm³/mol. The fourth-order valence-electron chi connectivity index (χ4n) is 1.85. The van der Waals surface area contributed by atoms with Gasteiger partial charge in [-0.15, -0.1) is 0 Å². The van der Waals surface area contributed by atoms with Gasteiger partial charge in [-0.2, -0.15) is 0 Å². The van der Waals surface area contributed by atoms with Crippen molar-refractivity contribution in [1.29, 1.82) is 0 Å². The van der Waals surface area contributed by atoms with Gasteiger partial charge in [0.15, 0.2) is 11.6 Å². The van der Waals surface area contributed by atoms with Crippen LogP contribution in [-0.2, 0) is 0 Å². The number of carbonyl (C=O) groups is 2. The van der Waals surface area contributed by atoms with Crippen molar-refractivity contribution in [3.05, 3.63) is 41.0 Å². The zero-order valence-electron chi connectivity index (χ0n) is 9.70. The lowest BCUT2D eigenvalue weighted by molar-refractivity contribution is 0.0882. The molecule has 0 aromatic heterocycles. The van der Waals surface area contributed by atoms with Crippen LogP contribution in [0.4, 0.5) is 0 Å². The zero-order chi connectivity index (χ0) is 11.9. The molecule has 0 saturated heterocycles. The van der Waals surface area contributed by atoms with Crippen molar-refractivity contribution in [3.63, 3.8) is 0 Å². The average molecular weight is 214 g/mol. The molecule has 2 nitrogen and oxygen atoms in total. The van der Waals surface area contributed by atoms with E-state index in [2.05, 4.69) is 0 Å². The van der Waals surface area contributed by atoms with Crippen LogP contribution in [0.2, 0.25) is 0 Å². The third kappa shape index (κ3) is 1.60. The first kappa shape index (κ1) is 10.8. The predicted octanol–water partition coefficient (Wildman–Crippen LogP) is 3.12. The molecule has 0 spiro atoms. The van der Waals surface area contributed by atoms with E-state index in [1.54, 1.807) is 18.2 Å². The van der Waals surface area contributed by atoms with E-state index in [1.807, 2.05) is 26.0 Å². The fourth-order valence-corrected chi connectivity index (χ4v) is 1.85. The number of fused-ring (bicyclic) bond motifs is 1. The molecule has 82 valence electrons. The number of Topliss-reactive ketones (excluding diaryl/α,β-unsaturated/α-hetero) is 2. The lowest BCUT2D eigenvalue weighted by Gasteiger charge is -2.24. The fraction of sp³-hybridized carbons (Fsp3) is 0.286. The molecule has 1 aliphatic rings. The average Bonchev–Trinajstić information content (AvgIpc) is 2.23. The second-order valence-electron chi connectivity index (χ2n) is 4.74. The summed E-state index contributed by atoms with van der Waals surface area (Å²) < 4.78 is 0. The monoisotopic (exact) mass is 214 g/mol. The Morgan fingerprint density at radius 1 is 1.25 bits per heavy atom. The maximum absolute atomic E-state index is 12.1. The summed E-state index contributed by atoms with van der Waals surface area (Å²) in [4.78, 5) is 23.3. The van der Waals surface area contributed by atoms with Gasteiger partial charge in [-0.3, -0.25) is 9.59 Å². The van der Waals surface area contributed by atoms with Crippen LogP contribution in [0.5, 0.6) is 0 Å². The van der Waals surface area contributed by atoms with E-state index in [1.165, 1.54) is 6.92 Å². The molecule has 0 fully saturated rings. The first-order valence-corrected chi connectivity index (χ1v) is 5.31. The molecule has 0 aliphatic heterocycles. The lowest BCUT2D eigenvalue weighted by Crippen LogP contribution is -2.25. The van der Waals surface area contributed by atoms with Crippen LogP contribution in [-0.4, -0.2) is 11.6 Å². The molecule has 1 aromatic carbocycles. The highest BCUT2D eigenvalue weighted by Gasteiger charge is 2.30. The van der Waals surface area contributed by atoms with Gasteiger partial charge in [-0.25, -0.2) is 0 Å². The van der Waals surface area contributed by atoms with Crippen molar-refractivity contribution >= 4 is 17.6 Å². The van der Waals surface area contributed by atoms with Gasteiger partial charge in [-0.05, 0) is 32.4 Å². The number of benzene rings is 1. The molecular formula is C14H14O2. The molecule has 16 heavy (non-hydrogen) atoms. The van der Waals surface area contributed by atoms with E-state index < -0.39 is 5.41 Å². The lowest BCUT2D eigenvalue weighted by atomic mass is 9.78. The summed E-state index contributed by atoms with van der Waals surface area (Å²) in [5.41, 5.74) is 1.76. The third-order valence-corrected chi connectivity index (χ3v) is 2.97. The molecule has 0 N–H and O–H groups in total. The Morgan fingerprint density at radius 3 is 2.56 bits per heavy atom. The van der Waals surface area contributed by atoms with Crippen LogP contribution < -0.4 is 0 Å². The standard InChI is InChI=1S/C14H14O2/c1-9(15)10-4-5-12-11(8-10)6-7-14(2,3)13(12)16/h4-8H,1-3H3. The molecule has 1 aromatic rings. The Bertz CT molecular complexity index is 507. The summed E-state index contributed by atoms with van der Waals surface area (Å²) in [5.74, 6) is 0.133. The van der Waals surface area contributed by atoms with Crippen molar-refractivity contribution < 1.29 is 9.59 Å². The van der Waals surface area contributed by atoms with Gasteiger partial charge in [0.25, 0.3) is 0 Å². The number of carbonyl (C=O) groups excluding carboxylic acids is 2. The van der Waals surface area contributed by atoms with E-state index in [-0.39, 0.29) is 11.6 Å². The minimum absolute atomic E-state index is 0.0217. The topological polar surface area (TPSA) is 34.1 Å². The van der Waals surface area contributed by atoms with Crippen LogP contribution in [0, 0.1) is 5.41 Å². The largest absolute Gasteiger partial charge is 0.295 e. The zero-order valence-corrected chi connectivity index (χ0v) is 9.70. The summed E-state index contributed by atoms with van der Waals surface area (Å²) in [5, 5.41) is 0. The van der Waals surface area contributed by atoms with Crippen molar-refractivity contribution in [1.82, 2.24) is 0 Å². The molecule has 0 radical (unpaired) electrons. The van der Waals surface area contributed by atoms with Crippen LogP contribution in [0.3, 0.4) is 0 Å². The molecular weight excluding hydrogens is 200 g/mol. The van der Waals surface area contributed by atoms with Gasteiger partial charge in [-0.1, -0.05) is 24.3 Å². The summed E-state index contributed by atoms with van der Waals surface area (Å²) in [7, 11) is 0. The van der Waals surface area contributed by atoms with Gasteiger partial charge in [0.2, 0.25) is 0 Å². The number of hydrogen-bond donors (Lipinski definition) is 0. The maximum atomic E-state index is 12.1. The normalized spacial score (nSPS) is 17.1. The van der Waals surface area contributed by atoms with Gasteiger partial charge in [0, 0.05) is 16.5 Å². The minimum atomic E-state index is -0.440. The van der Waals surface area contributed by atoms with Gasteiger partial charge in [0.1, 0.15) is 0 Å². The van der Waals surface area contributed by atoms with E-state index in [0.29, 0.717) is 11.1 Å². The Morgan fingerprint density at radius 2 is 1.94 bits per heavy atom. The van der Waals surface area contributed by atoms with Gasteiger partial charge in [0.05, 0.1) is 0 Å². The Labute approximate surface area is 95.0 Å². The van der Waals surface area contributed by atoms with Gasteiger partial charge >= 0.3 is 0 Å². The second-order valence-corrected chi connectivity index (χ2v) is 4.74.